The Labute approximate surface area is 125 Å². The quantitative estimate of drug-likeness (QED) is 0.924. The van der Waals surface area contributed by atoms with Crippen molar-refractivity contribution in [2.24, 2.45) is 0 Å². The largest absolute Gasteiger partial charge is 0.481 e. The highest BCUT2D eigenvalue weighted by atomic mass is 16.5. The van der Waals surface area contributed by atoms with Gasteiger partial charge in [0.05, 0.1) is 6.42 Å². The first-order valence-corrected chi connectivity index (χ1v) is 7.55. The first-order valence-electron chi connectivity index (χ1n) is 7.55. The molecule has 2 aliphatic rings. The molecule has 0 bridgehead atoms. The van der Waals surface area contributed by atoms with Crippen molar-refractivity contribution in [1.82, 2.24) is 4.90 Å². The number of carboxylic acid groups (broad SMARTS) is 1. The Bertz CT molecular complexity index is 581. The van der Waals surface area contributed by atoms with Crippen LogP contribution in [-0.2, 0) is 11.2 Å². The predicted octanol–water partition coefficient (Wildman–Crippen LogP) is 2.57. The standard InChI is InChI=1S/C17H21NO3/c1-2-13-3-4-15-14(11-13)5-7-17(21-15)8-10-18(12-17)9-6-16(19)20/h3-5,7,11H,2,6,8-10,12H2,1H3,(H,19,20). The van der Waals surface area contributed by atoms with Crippen LogP contribution in [0.15, 0.2) is 24.3 Å². The monoisotopic (exact) mass is 287 g/mol. The smallest absolute Gasteiger partial charge is 0.304 e. The van der Waals surface area contributed by atoms with E-state index >= 15 is 0 Å². The highest BCUT2D eigenvalue weighted by Gasteiger charge is 2.39. The van der Waals surface area contributed by atoms with Gasteiger partial charge in [-0.05, 0) is 30.2 Å². The van der Waals surface area contributed by atoms with E-state index in [0.29, 0.717) is 6.54 Å². The van der Waals surface area contributed by atoms with Gasteiger partial charge in [0.2, 0.25) is 0 Å². The van der Waals surface area contributed by atoms with Crippen LogP contribution in [0.3, 0.4) is 0 Å². The molecule has 0 saturated carbocycles. The van der Waals surface area contributed by atoms with Crippen molar-refractivity contribution in [1.29, 1.82) is 0 Å². The third kappa shape index (κ3) is 2.95. The number of fused-ring (bicyclic) bond motifs is 1. The highest BCUT2D eigenvalue weighted by Crippen LogP contribution is 2.36. The van der Waals surface area contributed by atoms with Gasteiger partial charge in [-0.3, -0.25) is 9.69 Å². The second kappa shape index (κ2) is 5.53. The van der Waals surface area contributed by atoms with Crippen LogP contribution in [0.1, 0.15) is 30.9 Å². The van der Waals surface area contributed by atoms with E-state index in [9.17, 15) is 4.79 Å². The van der Waals surface area contributed by atoms with E-state index in [1.54, 1.807) is 0 Å². The summed E-state index contributed by atoms with van der Waals surface area (Å²) in [5, 5.41) is 8.78. The molecule has 4 heteroatoms. The Kier molecular flexibility index (Phi) is 3.72. The molecule has 0 aromatic heterocycles. The van der Waals surface area contributed by atoms with Gasteiger partial charge in [-0.2, -0.15) is 0 Å². The molecule has 112 valence electrons. The highest BCUT2D eigenvalue weighted by molar-refractivity contribution is 5.67. The summed E-state index contributed by atoms with van der Waals surface area (Å²) in [4.78, 5) is 12.8. The lowest BCUT2D eigenvalue weighted by molar-refractivity contribution is -0.137. The van der Waals surface area contributed by atoms with Gasteiger partial charge in [-0.1, -0.05) is 19.1 Å². The summed E-state index contributed by atoms with van der Waals surface area (Å²) >= 11 is 0. The second-order valence-electron chi connectivity index (χ2n) is 5.90. The number of nitrogens with zero attached hydrogens (tertiary/aromatic N) is 1. The number of benzene rings is 1. The molecule has 1 fully saturated rings. The zero-order valence-corrected chi connectivity index (χ0v) is 12.3. The molecule has 0 amide bonds. The molecule has 1 aromatic rings. The molecule has 0 aliphatic carbocycles. The second-order valence-corrected chi connectivity index (χ2v) is 5.90. The van der Waals surface area contributed by atoms with E-state index in [1.165, 1.54) is 5.56 Å². The van der Waals surface area contributed by atoms with Crippen molar-refractivity contribution in [2.45, 2.75) is 31.8 Å². The van der Waals surface area contributed by atoms with Crippen LogP contribution >= 0.6 is 0 Å². The molecule has 4 nitrogen and oxygen atoms in total. The maximum absolute atomic E-state index is 10.7. The molecule has 1 unspecified atom stereocenters. The Hall–Kier alpha value is -1.81. The van der Waals surface area contributed by atoms with E-state index in [0.717, 1.165) is 37.2 Å². The van der Waals surface area contributed by atoms with Crippen molar-refractivity contribution in [2.75, 3.05) is 19.6 Å². The van der Waals surface area contributed by atoms with Gasteiger partial charge in [0.15, 0.2) is 0 Å². The molecule has 3 rings (SSSR count). The number of aryl methyl sites for hydroxylation is 1. The van der Waals surface area contributed by atoms with Crippen molar-refractivity contribution >= 4 is 12.0 Å². The van der Waals surface area contributed by atoms with Crippen molar-refractivity contribution < 1.29 is 14.6 Å². The fourth-order valence-electron chi connectivity index (χ4n) is 3.08. The van der Waals surface area contributed by atoms with Gasteiger partial charge >= 0.3 is 5.97 Å². The minimum atomic E-state index is -0.742. The number of hydrogen-bond donors (Lipinski definition) is 1. The number of likely N-dealkylation sites (tertiary alicyclic amines) is 1. The van der Waals surface area contributed by atoms with Crippen LogP contribution in [0.25, 0.3) is 6.08 Å². The van der Waals surface area contributed by atoms with Crippen LogP contribution in [0.4, 0.5) is 0 Å². The fraction of sp³-hybridized carbons (Fsp3) is 0.471. The molecule has 2 aliphatic heterocycles. The molecule has 0 radical (unpaired) electrons. The van der Waals surface area contributed by atoms with E-state index in [2.05, 4.69) is 42.2 Å². The lowest BCUT2D eigenvalue weighted by Gasteiger charge is -2.31. The maximum Gasteiger partial charge on any atom is 0.304 e. The Morgan fingerprint density at radius 3 is 3.10 bits per heavy atom. The topological polar surface area (TPSA) is 49.8 Å². The summed E-state index contributed by atoms with van der Waals surface area (Å²) in [5.74, 6) is 0.197. The number of ether oxygens (including phenoxy) is 1. The molecular formula is C17H21NO3. The number of carbonyl (C=O) groups is 1. The van der Waals surface area contributed by atoms with Gasteiger partial charge in [0, 0.05) is 31.6 Å². The third-order valence-electron chi connectivity index (χ3n) is 4.35. The molecule has 1 aromatic carbocycles. The Morgan fingerprint density at radius 1 is 1.48 bits per heavy atom. The number of rotatable bonds is 4. The zero-order valence-electron chi connectivity index (χ0n) is 12.3. The van der Waals surface area contributed by atoms with Crippen LogP contribution in [0.2, 0.25) is 0 Å². The lowest BCUT2D eigenvalue weighted by Crippen LogP contribution is -2.39. The molecule has 2 heterocycles. The van der Waals surface area contributed by atoms with Crippen LogP contribution in [0, 0.1) is 0 Å². The zero-order chi connectivity index (χ0) is 14.9. The van der Waals surface area contributed by atoms with E-state index < -0.39 is 5.97 Å². The normalized spacial score (nSPS) is 24.0. The van der Waals surface area contributed by atoms with Crippen LogP contribution in [0.5, 0.6) is 5.75 Å². The first kappa shape index (κ1) is 14.1. The van der Waals surface area contributed by atoms with Crippen LogP contribution in [-0.4, -0.2) is 41.2 Å². The van der Waals surface area contributed by atoms with Gasteiger partial charge in [-0.15, -0.1) is 0 Å². The summed E-state index contributed by atoms with van der Waals surface area (Å²) in [5.41, 5.74) is 2.18. The summed E-state index contributed by atoms with van der Waals surface area (Å²) in [6.45, 7) is 4.40. The average Bonchev–Trinajstić information content (AvgIpc) is 2.87. The van der Waals surface area contributed by atoms with Crippen molar-refractivity contribution in [3.63, 3.8) is 0 Å². The SMILES string of the molecule is CCc1ccc2c(c1)C=CC1(CCN(CCC(=O)O)C1)O2. The third-order valence-corrected chi connectivity index (χ3v) is 4.35. The summed E-state index contributed by atoms with van der Waals surface area (Å²) in [7, 11) is 0. The summed E-state index contributed by atoms with van der Waals surface area (Å²) in [6, 6.07) is 6.35. The van der Waals surface area contributed by atoms with E-state index in [4.69, 9.17) is 9.84 Å². The predicted molar refractivity (Wildman–Crippen MR) is 81.5 cm³/mol. The molecule has 1 atom stereocenters. The number of carboxylic acids is 1. The van der Waals surface area contributed by atoms with Crippen molar-refractivity contribution in [3.8, 4) is 5.75 Å². The van der Waals surface area contributed by atoms with Crippen LogP contribution < -0.4 is 4.74 Å². The Morgan fingerprint density at radius 2 is 2.33 bits per heavy atom. The summed E-state index contributed by atoms with van der Waals surface area (Å²) < 4.78 is 6.24. The van der Waals surface area contributed by atoms with Gasteiger partial charge < -0.3 is 9.84 Å². The fourth-order valence-corrected chi connectivity index (χ4v) is 3.08. The Balaban J connectivity index is 1.71. The molecule has 1 spiro atoms. The van der Waals surface area contributed by atoms with Gasteiger partial charge in [0.25, 0.3) is 0 Å². The lowest BCUT2D eigenvalue weighted by atomic mass is 9.96. The van der Waals surface area contributed by atoms with E-state index in [-0.39, 0.29) is 12.0 Å². The molecule has 1 N–H and O–H groups in total. The van der Waals surface area contributed by atoms with Gasteiger partial charge in [-0.25, -0.2) is 0 Å². The summed E-state index contributed by atoms with van der Waals surface area (Å²) in [6.07, 6.45) is 6.43. The maximum atomic E-state index is 10.7. The minimum absolute atomic E-state index is 0.191. The minimum Gasteiger partial charge on any atom is -0.481 e. The van der Waals surface area contributed by atoms with Gasteiger partial charge in [0.1, 0.15) is 11.4 Å². The molecule has 21 heavy (non-hydrogen) atoms. The molecular weight excluding hydrogens is 266 g/mol. The average molecular weight is 287 g/mol. The molecule has 1 saturated heterocycles. The number of hydrogen-bond acceptors (Lipinski definition) is 3. The van der Waals surface area contributed by atoms with E-state index in [1.807, 2.05) is 0 Å². The number of aliphatic carboxylic acids is 1. The van der Waals surface area contributed by atoms with Crippen molar-refractivity contribution in [3.05, 3.63) is 35.4 Å². The first-order chi connectivity index (χ1) is 10.1.